The van der Waals surface area contributed by atoms with Crippen LogP contribution in [0.25, 0.3) is 0 Å². The zero-order valence-electron chi connectivity index (χ0n) is 8.82. The Morgan fingerprint density at radius 1 is 1.57 bits per heavy atom. The van der Waals surface area contributed by atoms with Gasteiger partial charge in [-0.1, -0.05) is 26.2 Å². The van der Waals surface area contributed by atoms with E-state index in [-0.39, 0.29) is 0 Å². The zero-order valence-corrected chi connectivity index (χ0v) is 8.82. The van der Waals surface area contributed by atoms with Crippen molar-refractivity contribution >= 4 is 5.82 Å². The number of anilines is 1. The van der Waals surface area contributed by atoms with E-state index in [1.54, 1.807) is 6.20 Å². The molecule has 1 heterocycles. The fraction of sp³-hybridized carbons (Fsp3) is 0.727. The summed E-state index contributed by atoms with van der Waals surface area (Å²) < 4.78 is 2.00. The normalized spacial score (nSPS) is 27.8. The predicted molar refractivity (Wildman–Crippen MR) is 57.9 cm³/mol. The maximum atomic E-state index is 5.86. The van der Waals surface area contributed by atoms with E-state index in [1.807, 2.05) is 10.7 Å². The Hall–Kier alpha value is -0.990. The standard InChI is InChI=1S/C11H19N3/c1-2-9-4-3-5-10(8-9)14-11(12)6-7-13-14/h6-7,9-10H,2-5,8,12H2,1H3. The van der Waals surface area contributed by atoms with Crippen molar-refractivity contribution in [3.63, 3.8) is 0 Å². The van der Waals surface area contributed by atoms with Gasteiger partial charge < -0.3 is 5.73 Å². The van der Waals surface area contributed by atoms with Crippen LogP contribution in [0.15, 0.2) is 12.3 Å². The molecule has 1 saturated carbocycles. The maximum absolute atomic E-state index is 5.86. The summed E-state index contributed by atoms with van der Waals surface area (Å²) in [5.41, 5.74) is 5.86. The molecule has 2 N–H and O–H groups in total. The molecule has 0 spiro atoms. The summed E-state index contributed by atoms with van der Waals surface area (Å²) in [5, 5.41) is 4.30. The zero-order chi connectivity index (χ0) is 9.97. The minimum atomic E-state index is 0.545. The van der Waals surface area contributed by atoms with Crippen molar-refractivity contribution in [2.24, 2.45) is 5.92 Å². The van der Waals surface area contributed by atoms with E-state index in [9.17, 15) is 0 Å². The lowest BCUT2D eigenvalue weighted by Crippen LogP contribution is -2.20. The molecule has 3 nitrogen and oxygen atoms in total. The van der Waals surface area contributed by atoms with Crippen LogP contribution in [-0.2, 0) is 0 Å². The first-order valence-electron chi connectivity index (χ1n) is 5.60. The van der Waals surface area contributed by atoms with E-state index >= 15 is 0 Å². The Balaban J connectivity index is 2.08. The van der Waals surface area contributed by atoms with E-state index in [0.29, 0.717) is 6.04 Å². The van der Waals surface area contributed by atoms with Crippen LogP contribution in [0.5, 0.6) is 0 Å². The molecule has 2 unspecified atom stereocenters. The molecule has 1 aromatic heterocycles. The lowest BCUT2D eigenvalue weighted by molar-refractivity contribution is 0.250. The summed E-state index contributed by atoms with van der Waals surface area (Å²) in [4.78, 5) is 0. The second-order valence-corrected chi connectivity index (χ2v) is 4.30. The van der Waals surface area contributed by atoms with Crippen LogP contribution in [0.3, 0.4) is 0 Å². The number of hydrogen-bond acceptors (Lipinski definition) is 2. The van der Waals surface area contributed by atoms with Gasteiger partial charge in [-0.05, 0) is 24.8 Å². The fourth-order valence-corrected chi connectivity index (χ4v) is 2.49. The topological polar surface area (TPSA) is 43.8 Å². The second kappa shape index (κ2) is 4.03. The molecule has 0 bridgehead atoms. The molecule has 0 amide bonds. The Kier molecular flexibility index (Phi) is 2.75. The van der Waals surface area contributed by atoms with Crippen LogP contribution in [-0.4, -0.2) is 9.78 Å². The highest BCUT2D eigenvalue weighted by Crippen LogP contribution is 2.34. The van der Waals surface area contributed by atoms with E-state index in [4.69, 9.17) is 5.73 Å². The number of hydrogen-bond donors (Lipinski definition) is 1. The summed E-state index contributed by atoms with van der Waals surface area (Å²) in [6, 6.07) is 2.43. The van der Waals surface area contributed by atoms with Gasteiger partial charge in [0.2, 0.25) is 0 Å². The molecule has 3 heteroatoms. The molecule has 1 aromatic rings. The van der Waals surface area contributed by atoms with Crippen molar-refractivity contribution in [3.05, 3.63) is 12.3 Å². The molecule has 1 aliphatic carbocycles. The monoisotopic (exact) mass is 193 g/mol. The Labute approximate surface area is 85.3 Å². The summed E-state index contributed by atoms with van der Waals surface area (Å²) in [6.07, 6.45) is 8.28. The molecule has 0 saturated heterocycles. The van der Waals surface area contributed by atoms with Gasteiger partial charge >= 0.3 is 0 Å². The van der Waals surface area contributed by atoms with Gasteiger partial charge in [0.15, 0.2) is 0 Å². The molecule has 1 fully saturated rings. The first-order valence-corrected chi connectivity index (χ1v) is 5.60. The number of nitrogen functional groups attached to an aromatic ring is 1. The van der Waals surface area contributed by atoms with Crippen molar-refractivity contribution < 1.29 is 0 Å². The highest BCUT2D eigenvalue weighted by Gasteiger charge is 2.23. The molecule has 1 aliphatic rings. The van der Waals surface area contributed by atoms with Crippen LogP contribution < -0.4 is 5.73 Å². The molecule has 0 aromatic carbocycles. The highest BCUT2D eigenvalue weighted by atomic mass is 15.3. The average molecular weight is 193 g/mol. The summed E-state index contributed by atoms with van der Waals surface area (Å²) in [7, 11) is 0. The average Bonchev–Trinajstić information content (AvgIpc) is 2.65. The van der Waals surface area contributed by atoms with Crippen molar-refractivity contribution in [2.45, 2.75) is 45.1 Å². The third-order valence-corrected chi connectivity index (χ3v) is 3.38. The molecule has 0 radical (unpaired) electrons. The molecule has 14 heavy (non-hydrogen) atoms. The first-order chi connectivity index (χ1) is 6.81. The Bertz CT molecular complexity index is 292. The molecule has 78 valence electrons. The minimum absolute atomic E-state index is 0.545. The summed E-state index contributed by atoms with van der Waals surface area (Å²) in [6.45, 7) is 2.28. The lowest BCUT2D eigenvalue weighted by Gasteiger charge is -2.29. The third kappa shape index (κ3) is 1.76. The lowest BCUT2D eigenvalue weighted by atomic mass is 9.84. The van der Waals surface area contributed by atoms with Crippen LogP contribution in [0.1, 0.15) is 45.1 Å². The second-order valence-electron chi connectivity index (χ2n) is 4.30. The van der Waals surface area contributed by atoms with Gasteiger partial charge in [-0.3, -0.25) is 0 Å². The van der Waals surface area contributed by atoms with Crippen LogP contribution in [0, 0.1) is 5.92 Å². The number of aromatic nitrogens is 2. The van der Waals surface area contributed by atoms with Gasteiger partial charge in [0, 0.05) is 0 Å². The van der Waals surface area contributed by atoms with Crippen LogP contribution in [0.2, 0.25) is 0 Å². The molecular formula is C11H19N3. The van der Waals surface area contributed by atoms with Crippen molar-refractivity contribution in [1.82, 2.24) is 9.78 Å². The van der Waals surface area contributed by atoms with Gasteiger partial charge in [0.1, 0.15) is 5.82 Å². The van der Waals surface area contributed by atoms with Gasteiger partial charge in [-0.25, -0.2) is 4.68 Å². The van der Waals surface area contributed by atoms with Crippen LogP contribution in [0.4, 0.5) is 5.82 Å². The van der Waals surface area contributed by atoms with Gasteiger partial charge in [0.25, 0.3) is 0 Å². The van der Waals surface area contributed by atoms with Crippen molar-refractivity contribution in [2.75, 3.05) is 5.73 Å². The molecule has 0 aliphatic heterocycles. The van der Waals surface area contributed by atoms with Crippen LogP contribution >= 0.6 is 0 Å². The SMILES string of the molecule is CCC1CCCC(n2nccc2N)C1. The Morgan fingerprint density at radius 2 is 2.43 bits per heavy atom. The highest BCUT2D eigenvalue weighted by molar-refractivity contribution is 5.26. The summed E-state index contributed by atoms with van der Waals surface area (Å²) >= 11 is 0. The van der Waals surface area contributed by atoms with Crippen molar-refractivity contribution in [3.8, 4) is 0 Å². The third-order valence-electron chi connectivity index (χ3n) is 3.38. The fourth-order valence-electron chi connectivity index (χ4n) is 2.49. The van der Waals surface area contributed by atoms with E-state index in [2.05, 4.69) is 12.0 Å². The largest absolute Gasteiger partial charge is 0.384 e. The van der Waals surface area contributed by atoms with Crippen molar-refractivity contribution in [1.29, 1.82) is 0 Å². The first kappa shape index (κ1) is 9.56. The van der Waals surface area contributed by atoms with E-state index < -0.39 is 0 Å². The number of rotatable bonds is 2. The predicted octanol–water partition coefficient (Wildman–Crippen LogP) is 2.61. The number of nitrogens with zero attached hydrogens (tertiary/aromatic N) is 2. The van der Waals surface area contributed by atoms with E-state index in [0.717, 1.165) is 11.7 Å². The maximum Gasteiger partial charge on any atom is 0.121 e. The summed E-state index contributed by atoms with van der Waals surface area (Å²) in [5.74, 6) is 1.68. The Morgan fingerprint density at radius 3 is 3.07 bits per heavy atom. The van der Waals surface area contributed by atoms with Gasteiger partial charge in [-0.2, -0.15) is 5.10 Å². The number of nitrogens with two attached hydrogens (primary N) is 1. The quantitative estimate of drug-likeness (QED) is 0.784. The smallest absolute Gasteiger partial charge is 0.121 e. The van der Waals surface area contributed by atoms with Gasteiger partial charge in [-0.15, -0.1) is 0 Å². The molecule has 2 rings (SSSR count). The molecular weight excluding hydrogens is 174 g/mol. The minimum Gasteiger partial charge on any atom is -0.384 e. The van der Waals surface area contributed by atoms with E-state index in [1.165, 1.54) is 32.1 Å². The molecule has 2 atom stereocenters. The van der Waals surface area contributed by atoms with Gasteiger partial charge in [0.05, 0.1) is 12.2 Å².